The highest BCUT2D eigenvalue weighted by Crippen LogP contribution is 2.21. The summed E-state index contributed by atoms with van der Waals surface area (Å²) >= 11 is 0. The molecule has 1 unspecified atom stereocenters. The molecule has 6 heteroatoms. The Kier molecular flexibility index (Phi) is 4.60. The van der Waals surface area contributed by atoms with E-state index in [0.29, 0.717) is 37.2 Å². The molecule has 0 radical (unpaired) electrons. The summed E-state index contributed by atoms with van der Waals surface area (Å²) in [6.07, 6.45) is 7.46. The van der Waals surface area contributed by atoms with Gasteiger partial charge in [-0.25, -0.2) is 4.79 Å². The average Bonchev–Trinajstić information content (AvgIpc) is 2.95. The summed E-state index contributed by atoms with van der Waals surface area (Å²) in [5.74, 6) is -1.52. The van der Waals surface area contributed by atoms with Crippen molar-refractivity contribution < 1.29 is 19.5 Å². The van der Waals surface area contributed by atoms with E-state index in [4.69, 9.17) is 0 Å². The zero-order valence-corrected chi connectivity index (χ0v) is 12.2. The van der Waals surface area contributed by atoms with Crippen LogP contribution in [0.15, 0.2) is 48.9 Å². The lowest BCUT2D eigenvalue weighted by molar-refractivity contribution is -0.146. The van der Waals surface area contributed by atoms with Crippen molar-refractivity contribution in [3.8, 4) is 0 Å². The summed E-state index contributed by atoms with van der Waals surface area (Å²) in [4.78, 5) is 37.4. The van der Waals surface area contributed by atoms with Gasteiger partial charge in [0, 0.05) is 30.1 Å². The van der Waals surface area contributed by atoms with Gasteiger partial charge in [0.1, 0.15) is 6.04 Å². The predicted octanol–water partition coefficient (Wildman–Crippen LogP) is 1.43. The zero-order chi connectivity index (χ0) is 16.3. The summed E-state index contributed by atoms with van der Waals surface area (Å²) < 4.78 is 0. The highest BCUT2D eigenvalue weighted by Gasteiger charge is 2.32. The van der Waals surface area contributed by atoms with Gasteiger partial charge in [0.05, 0.1) is 0 Å². The number of nitrogens with zero attached hydrogens (tertiary/aromatic N) is 2. The first kappa shape index (κ1) is 15.8. The Morgan fingerprint density at radius 1 is 1.05 bits per heavy atom. The molecule has 22 heavy (non-hydrogen) atoms. The highest BCUT2D eigenvalue weighted by molar-refractivity contribution is 5.96. The molecule has 0 bridgehead atoms. The number of rotatable bonds is 7. The Morgan fingerprint density at radius 2 is 1.68 bits per heavy atom. The molecule has 116 valence electrons. The van der Waals surface area contributed by atoms with E-state index in [1.165, 1.54) is 23.1 Å². The van der Waals surface area contributed by atoms with Crippen molar-refractivity contribution in [2.75, 3.05) is 6.54 Å². The number of unbranched alkanes of at least 4 members (excludes halogenated alkanes) is 1. The van der Waals surface area contributed by atoms with Crippen LogP contribution in [0, 0.1) is 0 Å². The van der Waals surface area contributed by atoms with Crippen LogP contribution in [-0.4, -0.2) is 45.3 Å². The minimum absolute atomic E-state index is 0.105. The molecule has 2 heterocycles. The number of carboxylic acid groups (broad SMARTS) is 1. The van der Waals surface area contributed by atoms with E-state index in [0.717, 1.165) is 0 Å². The van der Waals surface area contributed by atoms with Gasteiger partial charge in [0.15, 0.2) is 0 Å². The summed E-state index contributed by atoms with van der Waals surface area (Å²) in [5.41, 5.74) is 1.04. The minimum Gasteiger partial charge on any atom is -0.480 e. The molecular formula is C16H18N2O4. The van der Waals surface area contributed by atoms with E-state index < -0.39 is 12.0 Å². The molecule has 6 nitrogen and oxygen atoms in total. The Bertz CT molecular complexity index is 567. The Labute approximate surface area is 128 Å². The van der Waals surface area contributed by atoms with Gasteiger partial charge in [0.25, 0.3) is 11.8 Å². The van der Waals surface area contributed by atoms with E-state index in [2.05, 4.69) is 13.2 Å². The van der Waals surface area contributed by atoms with E-state index in [-0.39, 0.29) is 11.8 Å². The summed E-state index contributed by atoms with van der Waals surface area (Å²) in [6.45, 7) is 7.94. The maximum atomic E-state index is 11.7. The molecule has 1 N–H and O–H groups in total. The van der Waals surface area contributed by atoms with E-state index in [9.17, 15) is 19.5 Å². The van der Waals surface area contributed by atoms with Crippen molar-refractivity contribution in [3.05, 3.63) is 48.9 Å². The highest BCUT2D eigenvalue weighted by atomic mass is 16.4. The zero-order valence-electron chi connectivity index (χ0n) is 12.2. The maximum Gasteiger partial charge on any atom is 0.326 e. The Hall–Kier alpha value is -2.63. The van der Waals surface area contributed by atoms with Crippen LogP contribution in [0.1, 0.15) is 19.3 Å². The summed E-state index contributed by atoms with van der Waals surface area (Å²) in [6, 6.07) is -0.925. The molecular weight excluding hydrogens is 284 g/mol. The summed E-state index contributed by atoms with van der Waals surface area (Å²) in [7, 11) is 0. The van der Waals surface area contributed by atoms with Gasteiger partial charge in [-0.1, -0.05) is 13.2 Å². The molecule has 2 rings (SSSR count). The Balaban J connectivity index is 1.84. The summed E-state index contributed by atoms with van der Waals surface area (Å²) in [5, 5.41) is 9.31. The first-order chi connectivity index (χ1) is 10.4. The standard InChI is InChI=1S/C16H18N2O4/c1-11-6-8-14(19)17(11)10-4-3-5-13(16(21)22)18-12(2)7-9-15(18)20/h6-9,13H,1-5,10H2,(H,21,22). The molecule has 0 aromatic rings. The number of aliphatic carboxylic acids is 1. The molecule has 0 fully saturated rings. The number of amides is 2. The number of hydrogen-bond acceptors (Lipinski definition) is 3. The topological polar surface area (TPSA) is 77.9 Å². The molecule has 2 amide bonds. The minimum atomic E-state index is -1.05. The average molecular weight is 302 g/mol. The molecule has 0 saturated heterocycles. The fraction of sp³-hybridized carbons (Fsp3) is 0.312. The first-order valence-electron chi connectivity index (χ1n) is 7.03. The second-order valence-corrected chi connectivity index (χ2v) is 5.20. The lowest BCUT2D eigenvalue weighted by Gasteiger charge is -2.25. The van der Waals surface area contributed by atoms with E-state index >= 15 is 0 Å². The van der Waals surface area contributed by atoms with E-state index in [1.54, 1.807) is 11.0 Å². The van der Waals surface area contributed by atoms with Crippen LogP contribution in [0.5, 0.6) is 0 Å². The van der Waals surface area contributed by atoms with Gasteiger partial charge < -0.3 is 10.0 Å². The van der Waals surface area contributed by atoms with Gasteiger partial charge in [0.2, 0.25) is 0 Å². The molecule has 0 aromatic heterocycles. The molecule has 1 atom stereocenters. The third kappa shape index (κ3) is 3.16. The van der Waals surface area contributed by atoms with Crippen molar-refractivity contribution in [2.24, 2.45) is 0 Å². The van der Waals surface area contributed by atoms with Crippen molar-refractivity contribution in [1.82, 2.24) is 9.80 Å². The van der Waals surface area contributed by atoms with Crippen LogP contribution in [0.2, 0.25) is 0 Å². The maximum absolute atomic E-state index is 11.7. The fourth-order valence-electron chi connectivity index (χ4n) is 2.54. The van der Waals surface area contributed by atoms with Crippen molar-refractivity contribution in [2.45, 2.75) is 25.3 Å². The Morgan fingerprint density at radius 3 is 2.18 bits per heavy atom. The van der Waals surface area contributed by atoms with Gasteiger partial charge >= 0.3 is 5.97 Å². The van der Waals surface area contributed by atoms with Crippen LogP contribution < -0.4 is 0 Å². The van der Waals surface area contributed by atoms with Gasteiger partial charge in [-0.05, 0) is 31.4 Å². The number of allylic oxidation sites excluding steroid dienone is 2. The van der Waals surface area contributed by atoms with Crippen LogP contribution in [0.25, 0.3) is 0 Å². The van der Waals surface area contributed by atoms with Gasteiger partial charge in [-0.15, -0.1) is 0 Å². The van der Waals surface area contributed by atoms with Gasteiger partial charge in [-0.3, -0.25) is 14.5 Å². The molecule has 2 aliphatic heterocycles. The van der Waals surface area contributed by atoms with Crippen LogP contribution >= 0.6 is 0 Å². The lowest BCUT2D eigenvalue weighted by atomic mass is 10.1. The third-order valence-corrected chi connectivity index (χ3v) is 3.70. The predicted molar refractivity (Wildman–Crippen MR) is 80.4 cm³/mol. The first-order valence-corrected chi connectivity index (χ1v) is 7.03. The second-order valence-electron chi connectivity index (χ2n) is 5.20. The molecule has 2 aliphatic rings. The number of carbonyl (C=O) groups excluding carboxylic acids is 2. The van der Waals surface area contributed by atoms with Crippen LogP contribution in [0.4, 0.5) is 0 Å². The van der Waals surface area contributed by atoms with E-state index in [1.807, 2.05) is 0 Å². The molecule has 0 aliphatic carbocycles. The normalized spacial score (nSPS) is 18.7. The molecule has 0 spiro atoms. The third-order valence-electron chi connectivity index (χ3n) is 3.70. The SMILES string of the molecule is C=C1C=CC(=O)N1CCCCC(C(=O)O)N1C(=C)C=CC1=O. The number of carbonyl (C=O) groups is 3. The van der Waals surface area contributed by atoms with Crippen molar-refractivity contribution in [1.29, 1.82) is 0 Å². The van der Waals surface area contributed by atoms with Crippen LogP contribution in [0.3, 0.4) is 0 Å². The second kappa shape index (κ2) is 6.43. The quantitative estimate of drug-likeness (QED) is 0.722. The van der Waals surface area contributed by atoms with Crippen molar-refractivity contribution in [3.63, 3.8) is 0 Å². The van der Waals surface area contributed by atoms with Crippen molar-refractivity contribution >= 4 is 17.8 Å². The number of hydrogen-bond donors (Lipinski definition) is 1. The fourth-order valence-corrected chi connectivity index (χ4v) is 2.54. The smallest absolute Gasteiger partial charge is 0.326 e. The lowest BCUT2D eigenvalue weighted by Crippen LogP contribution is -2.41. The monoisotopic (exact) mass is 302 g/mol. The van der Waals surface area contributed by atoms with Gasteiger partial charge in [-0.2, -0.15) is 0 Å². The number of carboxylic acids is 1. The van der Waals surface area contributed by atoms with Crippen LogP contribution in [-0.2, 0) is 14.4 Å². The molecule has 0 aromatic carbocycles. The molecule has 0 saturated carbocycles. The largest absolute Gasteiger partial charge is 0.480 e.